The van der Waals surface area contributed by atoms with E-state index in [0.29, 0.717) is 18.4 Å². The quantitative estimate of drug-likeness (QED) is 0.692. The largest absolute Gasteiger partial charge is 0.481 e. The predicted octanol–water partition coefficient (Wildman–Crippen LogP) is 1.58. The van der Waals surface area contributed by atoms with Crippen LogP contribution in [0.25, 0.3) is 0 Å². The molecule has 2 aliphatic heterocycles. The molecule has 0 amide bonds. The SMILES string of the molecule is O=C(O)CC/C=C/C[C@H]1[C@@H](CO)[C@@H]2CC[C@H]1O2. The maximum absolute atomic E-state index is 10.3. The van der Waals surface area contributed by atoms with Gasteiger partial charge in [0, 0.05) is 18.9 Å². The molecule has 2 aliphatic rings. The summed E-state index contributed by atoms with van der Waals surface area (Å²) in [5.74, 6) is -0.0659. The monoisotopic (exact) mass is 240 g/mol. The van der Waals surface area contributed by atoms with Crippen molar-refractivity contribution < 1.29 is 19.7 Å². The molecular formula is C13H20O4. The maximum Gasteiger partial charge on any atom is 0.303 e. The van der Waals surface area contributed by atoms with Gasteiger partial charge in [-0.25, -0.2) is 0 Å². The summed E-state index contributed by atoms with van der Waals surface area (Å²) in [7, 11) is 0. The molecule has 17 heavy (non-hydrogen) atoms. The summed E-state index contributed by atoms with van der Waals surface area (Å²) in [4.78, 5) is 10.3. The molecule has 0 spiro atoms. The zero-order valence-electron chi connectivity index (χ0n) is 9.92. The number of rotatable bonds is 6. The lowest BCUT2D eigenvalue weighted by atomic mass is 9.78. The number of fused-ring (bicyclic) bond motifs is 2. The van der Waals surface area contributed by atoms with E-state index >= 15 is 0 Å². The van der Waals surface area contributed by atoms with Crippen LogP contribution in [0.2, 0.25) is 0 Å². The second kappa shape index (κ2) is 5.65. The van der Waals surface area contributed by atoms with Gasteiger partial charge >= 0.3 is 5.97 Å². The summed E-state index contributed by atoms with van der Waals surface area (Å²) in [6, 6.07) is 0. The van der Waals surface area contributed by atoms with E-state index in [4.69, 9.17) is 9.84 Å². The Morgan fingerprint density at radius 1 is 1.24 bits per heavy atom. The van der Waals surface area contributed by atoms with E-state index < -0.39 is 5.97 Å². The van der Waals surface area contributed by atoms with Crippen LogP contribution in [0.1, 0.15) is 32.1 Å². The molecule has 4 atom stereocenters. The van der Waals surface area contributed by atoms with Crippen molar-refractivity contribution >= 4 is 5.97 Å². The molecule has 96 valence electrons. The van der Waals surface area contributed by atoms with Gasteiger partial charge in [0.15, 0.2) is 0 Å². The van der Waals surface area contributed by atoms with Gasteiger partial charge in [-0.1, -0.05) is 12.2 Å². The summed E-state index contributed by atoms with van der Waals surface area (Å²) in [6.45, 7) is 0.203. The molecule has 0 saturated carbocycles. The fourth-order valence-electron chi connectivity index (χ4n) is 3.03. The standard InChI is InChI=1S/C13H20O4/c14-8-10-9(11-6-7-12(10)17-11)4-2-1-3-5-13(15)16/h1-2,9-12,14H,3-8H2,(H,15,16)/b2-1+/t9-,10+,11+,12-/m0/s1. The topological polar surface area (TPSA) is 66.8 Å². The number of aliphatic hydroxyl groups excluding tert-OH is 1. The number of aliphatic hydroxyl groups is 1. The van der Waals surface area contributed by atoms with Gasteiger partial charge in [-0.05, 0) is 31.6 Å². The Bertz CT molecular complexity index is 300. The van der Waals surface area contributed by atoms with Gasteiger partial charge in [0.05, 0.1) is 12.2 Å². The second-order valence-electron chi connectivity index (χ2n) is 4.94. The average Bonchev–Trinajstić information content (AvgIpc) is 2.88. The molecular weight excluding hydrogens is 220 g/mol. The molecule has 4 nitrogen and oxygen atoms in total. The molecule has 0 radical (unpaired) electrons. The maximum atomic E-state index is 10.3. The highest BCUT2D eigenvalue weighted by molar-refractivity contribution is 5.66. The molecule has 0 aromatic carbocycles. The first-order valence-electron chi connectivity index (χ1n) is 6.35. The number of hydrogen-bond donors (Lipinski definition) is 2. The van der Waals surface area contributed by atoms with Crippen LogP contribution < -0.4 is 0 Å². The normalized spacial score (nSPS) is 35.8. The van der Waals surface area contributed by atoms with Crippen LogP contribution in [0.3, 0.4) is 0 Å². The number of allylic oxidation sites excluding steroid dienone is 2. The predicted molar refractivity (Wildman–Crippen MR) is 62.6 cm³/mol. The number of carboxylic acid groups (broad SMARTS) is 1. The third kappa shape index (κ3) is 2.87. The van der Waals surface area contributed by atoms with Gasteiger partial charge in [-0.15, -0.1) is 0 Å². The van der Waals surface area contributed by atoms with Crippen molar-refractivity contribution in [3.63, 3.8) is 0 Å². The van der Waals surface area contributed by atoms with E-state index in [0.717, 1.165) is 19.3 Å². The number of aliphatic carboxylic acids is 1. The summed E-state index contributed by atoms with van der Waals surface area (Å²) in [5.41, 5.74) is 0. The summed E-state index contributed by atoms with van der Waals surface area (Å²) in [6.07, 6.45) is 8.38. The number of carbonyl (C=O) groups is 1. The Labute approximate surface area is 101 Å². The molecule has 0 aromatic rings. The van der Waals surface area contributed by atoms with E-state index in [-0.39, 0.29) is 25.0 Å². The minimum Gasteiger partial charge on any atom is -0.481 e. The Morgan fingerprint density at radius 2 is 1.94 bits per heavy atom. The average molecular weight is 240 g/mol. The van der Waals surface area contributed by atoms with Crippen LogP contribution in [0, 0.1) is 11.8 Å². The van der Waals surface area contributed by atoms with Gasteiger partial charge in [0.25, 0.3) is 0 Å². The lowest BCUT2D eigenvalue weighted by Crippen LogP contribution is -2.29. The van der Waals surface area contributed by atoms with Crippen molar-refractivity contribution in [3.8, 4) is 0 Å². The smallest absolute Gasteiger partial charge is 0.303 e. The summed E-state index contributed by atoms with van der Waals surface area (Å²) in [5, 5.41) is 17.9. The van der Waals surface area contributed by atoms with Crippen LogP contribution in [-0.4, -0.2) is 35.0 Å². The molecule has 2 rings (SSSR count). The fourth-order valence-corrected chi connectivity index (χ4v) is 3.03. The van der Waals surface area contributed by atoms with Crippen molar-refractivity contribution in [3.05, 3.63) is 12.2 Å². The lowest BCUT2D eigenvalue weighted by Gasteiger charge is -2.25. The number of carboxylic acids is 1. The molecule has 2 heterocycles. The Kier molecular flexibility index (Phi) is 4.18. The van der Waals surface area contributed by atoms with Crippen molar-refractivity contribution in [2.24, 2.45) is 11.8 Å². The zero-order valence-corrected chi connectivity index (χ0v) is 9.92. The Hall–Kier alpha value is -0.870. The molecule has 2 N–H and O–H groups in total. The highest BCUT2D eigenvalue weighted by Crippen LogP contribution is 2.44. The Morgan fingerprint density at radius 3 is 2.59 bits per heavy atom. The van der Waals surface area contributed by atoms with E-state index in [1.165, 1.54) is 0 Å². The van der Waals surface area contributed by atoms with E-state index in [1.54, 1.807) is 0 Å². The minimum atomic E-state index is -0.758. The minimum absolute atomic E-state index is 0.188. The third-order valence-electron chi connectivity index (χ3n) is 3.90. The van der Waals surface area contributed by atoms with E-state index in [2.05, 4.69) is 0 Å². The molecule has 0 aliphatic carbocycles. The highest BCUT2D eigenvalue weighted by Gasteiger charge is 2.47. The first kappa shape index (κ1) is 12.6. The van der Waals surface area contributed by atoms with Crippen molar-refractivity contribution in [1.29, 1.82) is 0 Å². The van der Waals surface area contributed by atoms with Crippen LogP contribution in [0.15, 0.2) is 12.2 Å². The van der Waals surface area contributed by atoms with Crippen molar-refractivity contribution in [1.82, 2.24) is 0 Å². The molecule has 0 unspecified atom stereocenters. The van der Waals surface area contributed by atoms with Gasteiger partial charge in [0.2, 0.25) is 0 Å². The summed E-state index contributed by atoms with van der Waals surface area (Å²) < 4.78 is 5.80. The first-order chi connectivity index (χ1) is 8.22. The number of hydrogen-bond acceptors (Lipinski definition) is 3. The van der Waals surface area contributed by atoms with Crippen molar-refractivity contribution in [2.45, 2.75) is 44.3 Å². The van der Waals surface area contributed by atoms with Crippen LogP contribution in [0.5, 0.6) is 0 Å². The van der Waals surface area contributed by atoms with E-state index in [9.17, 15) is 9.90 Å². The third-order valence-corrected chi connectivity index (χ3v) is 3.90. The van der Waals surface area contributed by atoms with Gasteiger partial charge in [0.1, 0.15) is 0 Å². The molecule has 2 bridgehead atoms. The van der Waals surface area contributed by atoms with Crippen LogP contribution in [0.4, 0.5) is 0 Å². The van der Waals surface area contributed by atoms with Crippen LogP contribution in [-0.2, 0) is 9.53 Å². The van der Waals surface area contributed by atoms with Crippen LogP contribution >= 0.6 is 0 Å². The highest BCUT2D eigenvalue weighted by atomic mass is 16.5. The number of ether oxygens (including phenoxy) is 1. The van der Waals surface area contributed by atoms with Gasteiger partial charge in [-0.2, -0.15) is 0 Å². The second-order valence-corrected chi connectivity index (χ2v) is 4.94. The first-order valence-corrected chi connectivity index (χ1v) is 6.35. The zero-order chi connectivity index (χ0) is 12.3. The Balaban J connectivity index is 1.76. The van der Waals surface area contributed by atoms with Gasteiger partial charge in [-0.3, -0.25) is 4.79 Å². The fraction of sp³-hybridized carbons (Fsp3) is 0.769. The van der Waals surface area contributed by atoms with Crippen molar-refractivity contribution in [2.75, 3.05) is 6.61 Å². The molecule has 0 aromatic heterocycles. The molecule has 4 heteroatoms. The molecule has 2 saturated heterocycles. The van der Waals surface area contributed by atoms with E-state index in [1.807, 2.05) is 12.2 Å². The lowest BCUT2D eigenvalue weighted by molar-refractivity contribution is -0.136. The molecule has 2 fully saturated rings. The van der Waals surface area contributed by atoms with Gasteiger partial charge < -0.3 is 14.9 Å². The summed E-state index contributed by atoms with van der Waals surface area (Å²) >= 11 is 0.